The van der Waals surface area contributed by atoms with Gasteiger partial charge in [0.15, 0.2) is 0 Å². The number of hydrogen-bond donors (Lipinski definition) is 1. The summed E-state index contributed by atoms with van der Waals surface area (Å²) in [6, 6.07) is 5.63. The van der Waals surface area contributed by atoms with Crippen LogP contribution in [0.3, 0.4) is 0 Å². The number of nitro groups is 1. The van der Waals surface area contributed by atoms with Crippen LogP contribution in [0.25, 0.3) is 0 Å². The zero-order chi connectivity index (χ0) is 19.3. The summed E-state index contributed by atoms with van der Waals surface area (Å²) in [7, 11) is 0. The van der Waals surface area contributed by atoms with E-state index in [9.17, 15) is 14.9 Å². The number of anilines is 1. The number of ether oxygens (including phenoxy) is 1. The maximum atomic E-state index is 12.5. The summed E-state index contributed by atoms with van der Waals surface area (Å²) < 4.78 is 5.73. The third-order valence-corrected chi connectivity index (χ3v) is 5.29. The molecule has 1 unspecified atom stereocenters. The van der Waals surface area contributed by atoms with Gasteiger partial charge in [0.05, 0.1) is 4.92 Å². The van der Waals surface area contributed by atoms with Crippen molar-refractivity contribution in [1.29, 1.82) is 0 Å². The molecular formula is C20H30N2O4. The molecule has 1 aliphatic carbocycles. The van der Waals surface area contributed by atoms with Crippen LogP contribution in [-0.4, -0.2) is 23.0 Å². The predicted molar refractivity (Wildman–Crippen MR) is 102 cm³/mol. The lowest BCUT2D eigenvalue weighted by Gasteiger charge is -2.37. The SMILES string of the molecule is CCC(Nc1ccc([N+](=O)[O-])cc1)C(=O)OC1CCC(C(C)(C)C)CC1. The second-order valence-electron chi connectivity index (χ2n) is 8.19. The van der Waals surface area contributed by atoms with Crippen molar-refractivity contribution in [2.75, 3.05) is 5.32 Å². The first-order valence-corrected chi connectivity index (χ1v) is 9.42. The lowest BCUT2D eigenvalue weighted by Crippen LogP contribution is -2.36. The Hall–Kier alpha value is -2.11. The van der Waals surface area contributed by atoms with Gasteiger partial charge in [-0.25, -0.2) is 4.79 Å². The monoisotopic (exact) mass is 362 g/mol. The number of esters is 1. The Labute approximate surface area is 155 Å². The number of carbonyl (C=O) groups is 1. The molecule has 0 saturated heterocycles. The Morgan fingerprint density at radius 3 is 2.27 bits per heavy atom. The van der Waals surface area contributed by atoms with Crippen molar-refractivity contribution in [2.45, 2.75) is 71.9 Å². The lowest BCUT2D eigenvalue weighted by molar-refractivity contribution is -0.384. The van der Waals surface area contributed by atoms with E-state index in [1.807, 2.05) is 6.92 Å². The maximum absolute atomic E-state index is 12.5. The van der Waals surface area contributed by atoms with Crippen molar-refractivity contribution in [3.8, 4) is 0 Å². The van der Waals surface area contributed by atoms with E-state index in [1.165, 1.54) is 12.1 Å². The van der Waals surface area contributed by atoms with Crippen molar-refractivity contribution in [2.24, 2.45) is 11.3 Å². The van der Waals surface area contributed by atoms with Gasteiger partial charge in [0.25, 0.3) is 5.69 Å². The number of rotatable bonds is 6. The summed E-state index contributed by atoms with van der Waals surface area (Å²) in [6.07, 6.45) is 4.60. The van der Waals surface area contributed by atoms with E-state index in [1.54, 1.807) is 12.1 Å². The van der Waals surface area contributed by atoms with Gasteiger partial charge >= 0.3 is 5.97 Å². The van der Waals surface area contributed by atoms with E-state index >= 15 is 0 Å². The minimum Gasteiger partial charge on any atom is -0.461 e. The number of non-ortho nitro benzene ring substituents is 1. The molecule has 1 N–H and O–H groups in total. The second-order valence-corrected chi connectivity index (χ2v) is 8.19. The van der Waals surface area contributed by atoms with E-state index in [0.717, 1.165) is 25.7 Å². The van der Waals surface area contributed by atoms with Crippen LogP contribution in [0.5, 0.6) is 0 Å². The lowest BCUT2D eigenvalue weighted by atomic mass is 9.72. The van der Waals surface area contributed by atoms with Crippen LogP contribution in [0.4, 0.5) is 11.4 Å². The fourth-order valence-electron chi connectivity index (χ4n) is 3.50. The van der Waals surface area contributed by atoms with Gasteiger partial charge in [-0.3, -0.25) is 10.1 Å². The molecule has 144 valence electrons. The second kappa shape index (κ2) is 8.52. The molecule has 1 atom stereocenters. The molecule has 6 heteroatoms. The van der Waals surface area contributed by atoms with Gasteiger partial charge in [-0.1, -0.05) is 27.7 Å². The number of benzene rings is 1. The molecule has 0 aromatic heterocycles. The van der Waals surface area contributed by atoms with Crippen molar-refractivity contribution < 1.29 is 14.5 Å². The van der Waals surface area contributed by atoms with Gasteiger partial charge in [0, 0.05) is 17.8 Å². The molecule has 1 aromatic carbocycles. The molecule has 1 saturated carbocycles. The molecule has 1 fully saturated rings. The zero-order valence-electron chi connectivity index (χ0n) is 16.2. The average molecular weight is 362 g/mol. The zero-order valence-corrected chi connectivity index (χ0v) is 16.2. The Balaban J connectivity index is 1.88. The van der Waals surface area contributed by atoms with Gasteiger partial charge in [0.2, 0.25) is 0 Å². The summed E-state index contributed by atoms with van der Waals surface area (Å²) in [5.74, 6) is 0.433. The van der Waals surface area contributed by atoms with Crippen LogP contribution < -0.4 is 5.32 Å². The number of nitrogens with one attached hydrogen (secondary N) is 1. The van der Waals surface area contributed by atoms with Crippen LogP contribution in [0.15, 0.2) is 24.3 Å². The predicted octanol–water partition coefficient (Wildman–Crippen LogP) is 4.93. The molecule has 0 heterocycles. The Morgan fingerprint density at radius 1 is 1.23 bits per heavy atom. The van der Waals surface area contributed by atoms with E-state index in [-0.39, 0.29) is 17.8 Å². The summed E-state index contributed by atoms with van der Waals surface area (Å²) in [6.45, 7) is 8.72. The number of nitrogens with zero attached hydrogens (tertiary/aromatic N) is 1. The minimum atomic E-state index is -0.447. The fourth-order valence-corrected chi connectivity index (χ4v) is 3.50. The third-order valence-electron chi connectivity index (χ3n) is 5.29. The molecule has 26 heavy (non-hydrogen) atoms. The highest BCUT2D eigenvalue weighted by Crippen LogP contribution is 2.38. The van der Waals surface area contributed by atoms with Crippen LogP contribution in [0.2, 0.25) is 0 Å². The summed E-state index contributed by atoms with van der Waals surface area (Å²) >= 11 is 0. The summed E-state index contributed by atoms with van der Waals surface area (Å²) in [5, 5.41) is 13.8. The molecule has 6 nitrogen and oxygen atoms in total. The summed E-state index contributed by atoms with van der Waals surface area (Å²) in [5.41, 5.74) is 1.01. The van der Waals surface area contributed by atoms with Crippen molar-refractivity contribution in [3.05, 3.63) is 34.4 Å². The highest BCUT2D eigenvalue weighted by Gasteiger charge is 2.32. The van der Waals surface area contributed by atoms with Gasteiger partial charge in [0.1, 0.15) is 12.1 Å². The maximum Gasteiger partial charge on any atom is 0.328 e. The van der Waals surface area contributed by atoms with E-state index in [0.29, 0.717) is 23.4 Å². The molecule has 1 aromatic rings. The minimum absolute atomic E-state index is 0.00573. The number of hydrogen-bond acceptors (Lipinski definition) is 5. The Bertz CT molecular complexity index is 614. The third kappa shape index (κ3) is 5.44. The van der Waals surface area contributed by atoms with Crippen molar-refractivity contribution >= 4 is 17.3 Å². The molecule has 0 amide bonds. The first-order chi connectivity index (χ1) is 12.2. The first kappa shape index (κ1) is 20.2. The molecule has 1 aliphatic rings. The van der Waals surface area contributed by atoms with Crippen LogP contribution >= 0.6 is 0 Å². The standard InChI is InChI=1S/C20H30N2O4/c1-5-18(21-15-8-10-16(11-9-15)22(24)25)19(23)26-17-12-6-14(7-13-17)20(2,3)4/h8-11,14,17-18,21H,5-7,12-13H2,1-4H3. The normalized spacial score (nSPS) is 21.7. The quantitative estimate of drug-likeness (QED) is 0.441. The molecule has 0 radical (unpaired) electrons. The Morgan fingerprint density at radius 2 is 1.81 bits per heavy atom. The molecule has 0 spiro atoms. The molecule has 0 aliphatic heterocycles. The van der Waals surface area contributed by atoms with Gasteiger partial charge in [-0.15, -0.1) is 0 Å². The van der Waals surface area contributed by atoms with Crippen molar-refractivity contribution in [1.82, 2.24) is 0 Å². The number of carbonyl (C=O) groups excluding carboxylic acids is 1. The van der Waals surface area contributed by atoms with E-state index in [4.69, 9.17) is 4.74 Å². The van der Waals surface area contributed by atoms with Crippen molar-refractivity contribution in [3.63, 3.8) is 0 Å². The smallest absolute Gasteiger partial charge is 0.328 e. The highest BCUT2D eigenvalue weighted by atomic mass is 16.6. The van der Waals surface area contributed by atoms with Gasteiger partial charge in [-0.05, 0) is 55.6 Å². The molecule has 2 rings (SSSR count). The van der Waals surface area contributed by atoms with E-state index in [2.05, 4.69) is 26.1 Å². The number of nitro benzene ring substituents is 1. The Kier molecular flexibility index (Phi) is 6.62. The van der Waals surface area contributed by atoms with Gasteiger partial charge < -0.3 is 10.1 Å². The summed E-state index contributed by atoms with van der Waals surface area (Å²) in [4.78, 5) is 22.8. The van der Waals surface area contributed by atoms with Gasteiger partial charge in [-0.2, -0.15) is 0 Å². The first-order valence-electron chi connectivity index (χ1n) is 9.42. The van der Waals surface area contributed by atoms with Crippen LogP contribution in [-0.2, 0) is 9.53 Å². The van der Waals surface area contributed by atoms with E-state index < -0.39 is 11.0 Å². The molecular weight excluding hydrogens is 332 g/mol. The van der Waals surface area contributed by atoms with Crippen LogP contribution in [0.1, 0.15) is 59.8 Å². The largest absolute Gasteiger partial charge is 0.461 e. The highest BCUT2D eigenvalue weighted by molar-refractivity contribution is 5.79. The fraction of sp³-hybridized carbons (Fsp3) is 0.650. The van der Waals surface area contributed by atoms with Crippen LogP contribution in [0, 0.1) is 21.4 Å². The molecule has 0 bridgehead atoms. The topological polar surface area (TPSA) is 81.5 Å². The average Bonchev–Trinajstić information content (AvgIpc) is 2.59.